The monoisotopic (exact) mass is 1470 g/mol. The van der Waals surface area contributed by atoms with Gasteiger partial charge in [-0.3, -0.25) is 45.2 Å². The van der Waals surface area contributed by atoms with Gasteiger partial charge in [0.2, 0.25) is 29.6 Å². The van der Waals surface area contributed by atoms with E-state index >= 15 is 0 Å². The lowest BCUT2D eigenvalue weighted by Gasteiger charge is -2.26. The van der Waals surface area contributed by atoms with Crippen LogP contribution in [0.15, 0.2) is 147 Å². The number of morpholine rings is 1. The summed E-state index contributed by atoms with van der Waals surface area (Å²) in [6, 6.07) is 25.6. The number of anilines is 3. The van der Waals surface area contributed by atoms with E-state index in [1.54, 1.807) is 66.1 Å². The smallest absolute Gasteiger partial charge is 0.413 e. The highest BCUT2D eigenvalue weighted by atomic mass is 16.6. The Labute approximate surface area is 622 Å². The van der Waals surface area contributed by atoms with Gasteiger partial charge in [0.05, 0.1) is 96.4 Å². The van der Waals surface area contributed by atoms with Gasteiger partial charge < -0.3 is 67.6 Å². The predicted molar refractivity (Wildman–Crippen MR) is 413 cm³/mol. The number of amides is 5. The number of hydrogen-bond donors (Lipinski definition) is 8. The Balaban J connectivity index is 0.000000161. The van der Waals surface area contributed by atoms with Crippen LogP contribution < -0.4 is 37.7 Å². The van der Waals surface area contributed by atoms with Gasteiger partial charge in [-0.1, -0.05) is 33.8 Å². The number of ether oxygens (including phenoxy) is 3. The van der Waals surface area contributed by atoms with E-state index in [1.807, 2.05) is 130 Å². The number of pyridine rings is 4. The lowest BCUT2D eigenvalue weighted by molar-refractivity contribution is 0.0383. The summed E-state index contributed by atoms with van der Waals surface area (Å²) in [4.78, 5) is 121. The van der Waals surface area contributed by atoms with Crippen molar-refractivity contribution in [1.29, 1.82) is 0 Å². The molecule has 1 aliphatic heterocycles. The molecule has 12 aromatic rings. The molecule has 1 aliphatic rings. The Morgan fingerprint density at radius 3 is 1.51 bits per heavy atom. The molecule has 0 radical (unpaired) electrons. The first-order chi connectivity index (χ1) is 52.1. The quantitative estimate of drug-likeness (QED) is 0.0278. The average molecular weight is 1470 g/mol. The number of imidazole rings is 3. The van der Waals surface area contributed by atoms with Crippen LogP contribution in [0, 0.1) is 11.8 Å². The van der Waals surface area contributed by atoms with Gasteiger partial charge in [-0.15, -0.1) is 0 Å². The number of nitrogens with zero attached hydrogens (tertiary/aromatic N) is 12. The average Bonchev–Trinajstić information content (AvgIpc) is 1.62. The second-order valence-corrected chi connectivity index (χ2v) is 26.9. The van der Waals surface area contributed by atoms with E-state index in [0.29, 0.717) is 124 Å². The lowest BCUT2D eigenvalue weighted by atomic mass is 10.00. The molecule has 0 spiro atoms. The zero-order valence-corrected chi connectivity index (χ0v) is 62.3. The number of urea groups is 1. The molecule has 0 saturated carbocycles. The number of aromatic nitrogens is 12. The summed E-state index contributed by atoms with van der Waals surface area (Å²) < 4.78 is 30.7. The van der Waals surface area contributed by atoms with Crippen molar-refractivity contribution in [2.75, 3.05) is 103 Å². The normalized spacial score (nSPS) is 12.3. The number of fused-ring (bicyclic) bond motifs is 3. The first-order valence-electron chi connectivity index (χ1n) is 35.7. The fraction of sp³-hybridized carbons (Fsp3) is 0.338. The van der Waals surface area contributed by atoms with Crippen LogP contribution in [0.3, 0.4) is 0 Å². The van der Waals surface area contributed by atoms with Crippen LogP contribution in [0.5, 0.6) is 0 Å². The summed E-state index contributed by atoms with van der Waals surface area (Å²) in [5.41, 5.74) is 11.7. The van der Waals surface area contributed by atoms with E-state index in [4.69, 9.17) is 23.0 Å². The van der Waals surface area contributed by atoms with E-state index in [2.05, 4.69) is 109 Å². The molecule has 564 valence electrons. The fourth-order valence-electron chi connectivity index (χ4n) is 12.0. The molecule has 5 amide bonds. The second-order valence-electron chi connectivity index (χ2n) is 26.9. The number of H-pyrrole nitrogens is 3. The molecule has 31 heteroatoms. The van der Waals surface area contributed by atoms with Gasteiger partial charge in [-0.2, -0.15) is 0 Å². The maximum absolute atomic E-state index is 12.9. The van der Waals surface area contributed by atoms with Gasteiger partial charge in [-0.05, 0) is 155 Å². The highest BCUT2D eigenvalue weighted by Crippen LogP contribution is 2.37. The summed E-state index contributed by atoms with van der Waals surface area (Å²) in [6.07, 6.45) is 10.8. The van der Waals surface area contributed by atoms with E-state index in [9.17, 15) is 28.8 Å². The molecule has 108 heavy (non-hydrogen) atoms. The number of oxazole rings is 2. The van der Waals surface area contributed by atoms with Crippen molar-refractivity contribution in [1.82, 2.24) is 84.3 Å². The van der Waals surface area contributed by atoms with Crippen molar-refractivity contribution in [3.8, 4) is 67.5 Å². The first-order valence-corrected chi connectivity index (χ1v) is 35.7. The van der Waals surface area contributed by atoms with Gasteiger partial charge in [0.25, 0.3) is 17.0 Å². The molecule has 1 saturated heterocycles. The Morgan fingerprint density at radius 2 is 1.05 bits per heavy atom. The maximum atomic E-state index is 12.9. The molecule has 10 heterocycles. The Kier molecular flexibility index (Phi) is 25.5. The van der Waals surface area contributed by atoms with Crippen LogP contribution in [0.4, 0.5) is 32.2 Å². The number of hydrogen-bond acceptors (Lipinski definition) is 21. The van der Waals surface area contributed by atoms with E-state index in [-0.39, 0.29) is 48.2 Å². The van der Waals surface area contributed by atoms with Crippen molar-refractivity contribution in [3.63, 3.8) is 0 Å². The van der Waals surface area contributed by atoms with Crippen LogP contribution in [-0.4, -0.2) is 185 Å². The van der Waals surface area contributed by atoms with Crippen LogP contribution in [0.1, 0.15) is 70.3 Å². The van der Waals surface area contributed by atoms with Crippen LogP contribution in [0.25, 0.3) is 101 Å². The van der Waals surface area contributed by atoms with Crippen molar-refractivity contribution in [2.24, 2.45) is 11.8 Å². The Morgan fingerprint density at radius 1 is 0.556 bits per heavy atom. The molecule has 0 unspecified atom stereocenters. The number of carbonyl (C=O) groups excluding carboxylic acids is 4. The van der Waals surface area contributed by atoms with Gasteiger partial charge in [0.1, 0.15) is 22.6 Å². The van der Waals surface area contributed by atoms with E-state index in [0.717, 1.165) is 83.2 Å². The summed E-state index contributed by atoms with van der Waals surface area (Å²) in [5, 5.41) is 13.6. The van der Waals surface area contributed by atoms with Crippen LogP contribution >= 0.6 is 0 Å². The lowest BCUT2D eigenvalue weighted by Crippen LogP contribution is -2.41. The summed E-state index contributed by atoms with van der Waals surface area (Å²) in [5.74, 6) is 3.59. The minimum absolute atomic E-state index is 0.0644. The van der Waals surface area contributed by atoms with E-state index in [1.165, 1.54) is 0 Å². The third-order valence-corrected chi connectivity index (χ3v) is 16.7. The number of benzene rings is 3. The number of carbonyl (C=O) groups is 4. The highest BCUT2D eigenvalue weighted by Gasteiger charge is 2.23. The first kappa shape index (κ1) is 76.9. The zero-order chi connectivity index (χ0) is 76.5. The fourth-order valence-corrected chi connectivity index (χ4v) is 12.0. The van der Waals surface area contributed by atoms with Gasteiger partial charge in [0.15, 0.2) is 0 Å². The predicted octanol–water partition coefficient (Wildman–Crippen LogP) is 11.6. The van der Waals surface area contributed by atoms with Gasteiger partial charge in [0, 0.05) is 100 Å². The summed E-state index contributed by atoms with van der Waals surface area (Å²) in [7, 11) is 7.80. The number of nitrogens with one attached hydrogen (secondary N) is 8. The largest absolute Gasteiger partial charge is 0.450 e. The third-order valence-electron chi connectivity index (χ3n) is 16.7. The SMILES string of the molecule is CCNC(=O)Nc1nc2c(-c3ncc(CN(C)C)o3)cc(-c3ccn(CC(C)C)c(=O)c3)cc2[nH]1.CCOC(=O)Nc1nc2c(-c3ccccn3)cc(-c3cncc(C(=O)NCCN4CCOCC4)c3)cc2[nH]1.CCOC(=O)Nc1nc2c(-c3ncc(CN(C)C)o3)cc(-c3ccn(CC(C)C)c(=O)c3)cc2[nH]1. The molecule has 0 atom stereocenters. The molecule has 1 fully saturated rings. The molecule has 0 bridgehead atoms. The van der Waals surface area contributed by atoms with Crippen molar-refractivity contribution >= 4 is 75.1 Å². The molecule has 31 nitrogen and oxygen atoms in total. The van der Waals surface area contributed by atoms with E-state index < -0.39 is 12.2 Å². The highest BCUT2D eigenvalue weighted by molar-refractivity contribution is 6.01. The van der Waals surface area contributed by atoms with Crippen molar-refractivity contribution < 1.29 is 42.2 Å². The molecular weight excluding hydrogens is 1380 g/mol. The van der Waals surface area contributed by atoms with Gasteiger partial charge in [-0.25, -0.2) is 39.3 Å². The molecule has 13 rings (SSSR count). The summed E-state index contributed by atoms with van der Waals surface area (Å²) in [6.45, 7) is 21.6. The zero-order valence-electron chi connectivity index (χ0n) is 62.3. The topological polar surface area (TPSA) is 374 Å². The van der Waals surface area contributed by atoms with Gasteiger partial charge >= 0.3 is 18.2 Å². The standard InChI is InChI=1S/C27H29N7O4.C25H31N7O3.C25H30N6O4/c1-2-38-27(36)33-26-31-23-15-18(14-21(24(23)32-26)22-5-3-4-6-29-22)19-13-20(17-28-16-19)25(35)30-7-8-34-9-11-37-12-10-34;1-6-26-25(34)30-24-28-20-10-17(16-7-8-32(13-15(2)3)21(33)11-16)9-19(22(20)29-24)23-27-12-18(35-23)14-31(4)5;1-6-34-25(33)29-24-27-20-10-17(16-7-8-31(13-15(2)3)21(32)11-16)9-19(22(20)28-24)23-26-12-18(35-23)14-30(4)5/h3-6,13-17H,2,7-12H2,1H3,(H,30,35)(H2,31,32,33,36);7-12,15H,6,13-14H2,1-5H3,(H3,26,28,29,30,34);7-12,15H,6,13-14H2,1-5H3,(H2,27,28,29,33). The second kappa shape index (κ2) is 35.7. The number of rotatable bonds is 24. The molecular formula is C77H90N20O11. The maximum Gasteiger partial charge on any atom is 0.413 e. The van der Waals surface area contributed by atoms with Crippen molar-refractivity contribution in [2.45, 2.75) is 74.6 Å². The summed E-state index contributed by atoms with van der Waals surface area (Å²) >= 11 is 0. The minimum Gasteiger partial charge on any atom is -0.450 e. The Bertz CT molecular complexity index is 5020. The molecule has 3 aromatic carbocycles. The third kappa shape index (κ3) is 20.0. The Hall–Kier alpha value is -12.2. The molecule has 0 aliphatic carbocycles. The van der Waals surface area contributed by atoms with Crippen LogP contribution in [-0.2, 0) is 40.4 Å². The molecule has 9 aromatic heterocycles. The van der Waals surface area contributed by atoms with Crippen molar-refractivity contribution in [3.05, 3.63) is 166 Å². The minimum atomic E-state index is -0.605. The van der Waals surface area contributed by atoms with Crippen LogP contribution in [0.2, 0.25) is 0 Å². The molecule has 8 N–H and O–H groups in total. The number of aromatic amines is 3.